The highest BCUT2D eigenvalue weighted by atomic mass is 32.1. The van der Waals surface area contributed by atoms with Crippen LogP contribution in [0.4, 0.5) is 5.69 Å². The third kappa shape index (κ3) is 2.54. The van der Waals surface area contributed by atoms with Gasteiger partial charge in [-0.05, 0) is 18.6 Å². The van der Waals surface area contributed by atoms with E-state index in [0.29, 0.717) is 11.3 Å². The zero-order valence-electron chi connectivity index (χ0n) is 11.4. The minimum Gasteiger partial charge on any atom is -0.481 e. The molecule has 6 heteroatoms. The average molecular weight is 302 g/mol. The number of carboxylic acids is 1. The van der Waals surface area contributed by atoms with Crippen LogP contribution in [-0.2, 0) is 16.0 Å². The van der Waals surface area contributed by atoms with Gasteiger partial charge in [-0.2, -0.15) is 0 Å². The summed E-state index contributed by atoms with van der Waals surface area (Å²) in [6.45, 7) is 2.08. The van der Waals surface area contributed by atoms with Crippen LogP contribution in [0.2, 0.25) is 0 Å². The Kier molecular flexibility index (Phi) is 3.47. The van der Waals surface area contributed by atoms with Crippen LogP contribution in [0.25, 0.3) is 0 Å². The number of carboxylic acid groups (broad SMARTS) is 1. The Balaban J connectivity index is 1.86. The minimum atomic E-state index is -0.901. The lowest BCUT2D eigenvalue weighted by Gasteiger charge is -2.16. The molecular formula is C15H14N2O3S. The summed E-state index contributed by atoms with van der Waals surface area (Å²) in [4.78, 5) is 29.6. The Morgan fingerprint density at radius 3 is 2.86 bits per heavy atom. The van der Waals surface area contributed by atoms with Gasteiger partial charge in [0.25, 0.3) is 0 Å². The molecule has 3 rings (SSSR count). The van der Waals surface area contributed by atoms with Crippen molar-refractivity contribution < 1.29 is 14.7 Å². The highest BCUT2D eigenvalue weighted by molar-refractivity contribution is 7.09. The summed E-state index contributed by atoms with van der Waals surface area (Å²) >= 11 is 1.50. The van der Waals surface area contributed by atoms with Gasteiger partial charge in [-0.3, -0.25) is 9.59 Å². The van der Waals surface area contributed by atoms with E-state index in [9.17, 15) is 14.7 Å². The van der Waals surface area contributed by atoms with Crippen molar-refractivity contribution in [3.8, 4) is 0 Å². The van der Waals surface area contributed by atoms with Gasteiger partial charge in [-0.1, -0.05) is 18.2 Å². The normalized spacial score (nSPS) is 16.8. The van der Waals surface area contributed by atoms with E-state index < -0.39 is 11.9 Å². The first-order valence-corrected chi connectivity index (χ1v) is 7.47. The second kappa shape index (κ2) is 5.29. The largest absolute Gasteiger partial charge is 0.481 e. The van der Waals surface area contributed by atoms with Gasteiger partial charge in [-0.25, -0.2) is 4.98 Å². The number of rotatable bonds is 3. The number of thiazole rings is 1. The summed E-state index contributed by atoms with van der Waals surface area (Å²) < 4.78 is 0. The molecule has 0 spiro atoms. The predicted molar refractivity (Wildman–Crippen MR) is 79.7 cm³/mol. The first-order valence-electron chi connectivity index (χ1n) is 6.59. The fourth-order valence-corrected chi connectivity index (χ4v) is 3.21. The third-order valence-corrected chi connectivity index (χ3v) is 4.39. The summed E-state index contributed by atoms with van der Waals surface area (Å²) in [7, 11) is 0. The molecular weight excluding hydrogens is 288 g/mol. The number of benzene rings is 1. The van der Waals surface area contributed by atoms with Crippen LogP contribution in [0.5, 0.6) is 0 Å². The molecule has 1 aromatic heterocycles. The molecule has 0 saturated carbocycles. The van der Waals surface area contributed by atoms with Gasteiger partial charge in [0.05, 0.1) is 17.1 Å². The number of fused-ring (bicyclic) bond motifs is 1. The first-order chi connectivity index (χ1) is 10.1. The molecule has 1 atom stereocenters. The van der Waals surface area contributed by atoms with Crippen LogP contribution in [0.15, 0.2) is 29.6 Å². The SMILES string of the molecule is Cc1nc(CC(=O)N2CC(C(=O)O)c3ccccc32)cs1. The molecule has 2 aromatic rings. The van der Waals surface area contributed by atoms with Gasteiger partial charge in [0.15, 0.2) is 0 Å². The summed E-state index contributed by atoms with van der Waals surface area (Å²) in [6, 6.07) is 7.18. The molecule has 1 unspecified atom stereocenters. The molecule has 0 bridgehead atoms. The Morgan fingerprint density at radius 1 is 1.43 bits per heavy atom. The standard InChI is InChI=1S/C15H14N2O3S/c1-9-16-10(8-21-9)6-14(18)17-7-12(15(19)20)11-4-2-3-5-13(11)17/h2-5,8,12H,6-7H2,1H3,(H,19,20). The Bertz CT molecular complexity index is 710. The zero-order chi connectivity index (χ0) is 15.0. The van der Waals surface area contributed by atoms with E-state index in [1.807, 2.05) is 18.4 Å². The number of aromatic nitrogens is 1. The number of hydrogen-bond acceptors (Lipinski definition) is 4. The number of hydrogen-bond donors (Lipinski definition) is 1. The Morgan fingerprint density at radius 2 is 2.19 bits per heavy atom. The summed E-state index contributed by atoms with van der Waals surface area (Å²) in [6.07, 6.45) is 0.199. The van der Waals surface area contributed by atoms with Gasteiger partial charge < -0.3 is 10.0 Å². The second-order valence-corrected chi connectivity index (χ2v) is 6.05. The molecule has 21 heavy (non-hydrogen) atoms. The fraction of sp³-hybridized carbons (Fsp3) is 0.267. The van der Waals surface area contributed by atoms with Crippen molar-refractivity contribution in [2.75, 3.05) is 11.4 Å². The van der Waals surface area contributed by atoms with Gasteiger partial charge >= 0.3 is 5.97 Å². The second-order valence-electron chi connectivity index (χ2n) is 4.99. The molecule has 1 N–H and O–H groups in total. The van der Waals surface area contributed by atoms with E-state index in [-0.39, 0.29) is 18.9 Å². The van der Waals surface area contributed by atoms with Crippen LogP contribution in [0.1, 0.15) is 22.2 Å². The number of aryl methyl sites for hydroxylation is 1. The van der Waals surface area contributed by atoms with Crippen LogP contribution in [0.3, 0.4) is 0 Å². The molecule has 1 aromatic carbocycles. The molecule has 2 heterocycles. The maximum absolute atomic E-state index is 12.5. The molecule has 0 radical (unpaired) electrons. The summed E-state index contributed by atoms with van der Waals surface area (Å²) in [5, 5.41) is 12.1. The lowest BCUT2D eigenvalue weighted by Crippen LogP contribution is -2.32. The number of carbonyl (C=O) groups excluding carboxylic acids is 1. The van der Waals surface area contributed by atoms with E-state index >= 15 is 0 Å². The lowest BCUT2D eigenvalue weighted by molar-refractivity contribution is -0.138. The summed E-state index contributed by atoms with van der Waals surface area (Å²) in [5.41, 5.74) is 2.13. The van der Waals surface area contributed by atoms with Crippen LogP contribution < -0.4 is 4.90 Å². The van der Waals surface area contributed by atoms with Crippen LogP contribution >= 0.6 is 11.3 Å². The van der Waals surface area contributed by atoms with Crippen molar-refractivity contribution in [2.45, 2.75) is 19.3 Å². The highest BCUT2D eigenvalue weighted by Gasteiger charge is 2.36. The monoisotopic (exact) mass is 302 g/mol. The maximum atomic E-state index is 12.5. The number of nitrogens with zero attached hydrogens (tertiary/aromatic N) is 2. The Labute approximate surface area is 125 Å². The van der Waals surface area contributed by atoms with Gasteiger partial charge in [0, 0.05) is 17.6 Å². The van der Waals surface area contributed by atoms with Crippen molar-refractivity contribution in [1.82, 2.24) is 4.98 Å². The smallest absolute Gasteiger partial charge is 0.312 e. The highest BCUT2D eigenvalue weighted by Crippen LogP contribution is 2.36. The van der Waals surface area contributed by atoms with Crippen molar-refractivity contribution >= 4 is 28.9 Å². The Hall–Kier alpha value is -2.21. The van der Waals surface area contributed by atoms with E-state index in [4.69, 9.17) is 0 Å². The number of amides is 1. The number of aliphatic carboxylic acids is 1. The van der Waals surface area contributed by atoms with E-state index in [1.165, 1.54) is 11.3 Å². The van der Waals surface area contributed by atoms with Crippen LogP contribution in [0, 0.1) is 6.92 Å². The molecule has 5 nitrogen and oxygen atoms in total. The molecule has 1 aliphatic heterocycles. The fourth-order valence-electron chi connectivity index (χ4n) is 2.59. The van der Waals surface area contributed by atoms with E-state index in [0.717, 1.165) is 10.7 Å². The molecule has 0 fully saturated rings. The van der Waals surface area contributed by atoms with Crippen molar-refractivity contribution in [2.24, 2.45) is 0 Å². The number of para-hydroxylation sites is 1. The van der Waals surface area contributed by atoms with Crippen LogP contribution in [-0.4, -0.2) is 28.5 Å². The summed E-state index contributed by atoms with van der Waals surface area (Å²) in [5.74, 6) is -1.67. The molecule has 108 valence electrons. The lowest BCUT2D eigenvalue weighted by atomic mass is 10.0. The minimum absolute atomic E-state index is 0.114. The third-order valence-electron chi connectivity index (χ3n) is 3.57. The number of anilines is 1. The quantitative estimate of drug-likeness (QED) is 0.943. The molecule has 1 amide bonds. The topological polar surface area (TPSA) is 70.5 Å². The maximum Gasteiger partial charge on any atom is 0.312 e. The molecule has 1 aliphatic rings. The van der Waals surface area contributed by atoms with Crippen molar-refractivity contribution in [3.05, 3.63) is 45.9 Å². The first kappa shape index (κ1) is 13.8. The molecule has 0 saturated heterocycles. The van der Waals surface area contributed by atoms with E-state index in [2.05, 4.69) is 4.98 Å². The average Bonchev–Trinajstić information content (AvgIpc) is 3.02. The number of carbonyl (C=O) groups is 2. The van der Waals surface area contributed by atoms with Gasteiger partial charge in [0.2, 0.25) is 5.91 Å². The molecule has 0 aliphatic carbocycles. The zero-order valence-corrected chi connectivity index (χ0v) is 12.3. The van der Waals surface area contributed by atoms with Gasteiger partial charge in [0.1, 0.15) is 5.92 Å². The van der Waals surface area contributed by atoms with E-state index in [1.54, 1.807) is 23.1 Å². The van der Waals surface area contributed by atoms with Crippen molar-refractivity contribution in [3.63, 3.8) is 0 Å². The van der Waals surface area contributed by atoms with Crippen molar-refractivity contribution in [1.29, 1.82) is 0 Å². The predicted octanol–water partition coefficient (Wildman–Crippen LogP) is 2.21. The van der Waals surface area contributed by atoms with Gasteiger partial charge in [-0.15, -0.1) is 11.3 Å².